The first-order valence-electron chi connectivity index (χ1n) is 10.0. The van der Waals surface area contributed by atoms with Crippen LogP contribution in [0.1, 0.15) is 52.8 Å². The van der Waals surface area contributed by atoms with Gasteiger partial charge >= 0.3 is 12.1 Å². The van der Waals surface area contributed by atoms with Gasteiger partial charge in [0.2, 0.25) is 0 Å². The van der Waals surface area contributed by atoms with Gasteiger partial charge in [-0.25, -0.2) is 9.78 Å². The molecule has 0 radical (unpaired) electrons. The molecule has 31 heavy (non-hydrogen) atoms. The highest BCUT2D eigenvalue weighted by atomic mass is 32.1. The Morgan fingerprint density at radius 1 is 1.26 bits per heavy atom. The first-order chi connectivity index (χ1) is 14.7. The number of aromatic nitrogens is 1. The van der Waals surface area contributed by atoms with Crippen LogP contribution in [0.2, 0.25) is 0 Å². The van der Waals surface area contributed by atoms with E-state index in [0.717, 1.165) is 18.6 Å². The van der Waals surface area contributed by atoms with Crippen molar-refractivity contribution in [2.45, 2.75) is 50.2 Å². The van der Waals surface area contributed by atoms with Gasteiger partial charge < -0.3 is 19.7 Å². The molecule has 168 valence electrons. The number of carboxylic acids is 1. The standard InChI is InChI=1S/C21H22F3NO5S/c22-21(23,24)11-1-3-12(4-2-11)29-8-7-13-14-5-6-17(30-18(14)9-16(13)26)19-25-15(10-31-19)20(27)28/h1-4,10,13-14,16-18,26H,5-9H2,(H,27,28)/t13-,14-,16-,17-,18+/m1/s1. The molecule has 10 heteroatoms. The average Bonchev–Trinajstić information content (AvgIpc) is 3.32. The molecule has 0 bridgehead atoms. The van der Waals surface area contributed by atoms with E-state index >= 15 is 0 Å². The summed E-state index contributed by atoms with van der Waals surface area (Å²) in [5.41, 5.74) is -0.714. The number of thiazole rings is 1. The van der Waals surface area contributed by atoms with E-state index in [-0.39, 0.29) is 36.3 Å². The Morgan fingerprint density at radius 2 is 2.00 bits per heavy atom. The number of nitrogens with zero attached hydrogens (tertiary/aromatic N) is 1. The molecule has 6 nitrogen and oxygen atoms in total. The summed E-state index contributed by atoms with van der Waals surface area (Å²) in [6.07, 6.45) is -2.77. The zero-order valence-electron chi connectivity index (χ0n) is 16.4. The van der Waals surface area contributed by atoms with Crippen molar-refractivity contribution in [2.75, 3.05) is 6.61 Å². The molecule has 1 aliphatic carbocycles. The molecule has 2 heterocycles. The summed E-state index contributed by atoms with van der Waals surface area (Å²) in [6.45, 7) is 0.286. The second-order valence-corrected chi connectivity index (χ2v) is 8.80. The van der Waals surface area contributed by atoms with Crippen molar-refractivity contribution in [3.05, 3.63) is 45.9 Å². The first-order valence-corrected chi connectivity index (χ1v) is 10.9. The van der Waals surface area contributed by atoms with Crippen LogP contribution < -0.4 is 4.74 Å². The third kappa shape index (κ3) is 4.86. The lowest BCUT2D eigenvalue weighted by molar-refractivity contribution is -0.137. The fraction of sp³-hybridized carbons (Fsp3) is 0.524. The number of aliphatic hydroxyl groups excluding tert-OH is 1. The Hall–Kier alpha value is -2.17. The molecule has 0 amide bonds. The summed E-state index contributed by atoms with van der Waals surface area (Å²) in [5.74, 6) is -0.580. The number of carboxylic acid groups (broad SMARTS) is 1. The molecule has 1 aliphatic heterocycles. The first kappa shape index (κ1) is 22.0. The summed E-state index contributed by atoms with van der Waals surface area (Å²) in [6, 6.07) is 4.56. The Kier molecular flexibility index (Phi) is 6.23. The number of hydrogen-bond donors (Lipinski definition) is 2. The summed E-state index contributed by atoms with van der Waals surface area (Å²) in [4.78, 5) is 15.2. The number of rotatable bonds is 6. The molecule has 5 atom stereocenters. The van der Waals surface area contributed by atoms with Crippen LogP contribution in [0.5, 0.6) is 5.75 Å². The fourth-order valence-corrected chi connectivity index (χ4v) is 5.36. The molecular weight excluding hydrogens is 435 g/mol. The smallest absolute Gasteiger partial charge is 0.416 e. The average molecular weight is 457 g/mol. The normalized spacial score (nSPS) is 28.3. The molecule has 4 rings (SSSR count). The maximum Gasteiger partial charge on any atom is 0.416 e. The number of benzene rings is 1. The lowest BCUT2D eigenvalue weighted by atomic mass is 9.85. The minimum atomic E-state index is -4.38. The van der Waals surface area contributed by atoms with Gasteiger partial charge in [0.1, 0.15) is 16.9 Å². The van der Waals surface area contributed by atoms with Crippen LogP contribution in [0.15, 0.2) is 29.6 Å². The highest BCUT2D eigenvalue weighted by Crippen LogP contribution is 2.47. The predicted molar refractivity (Wildman–Crippen MR) is 105 cm³/mol. The lowest BCUT2D eigenvalue weighted by Gasteiger charge is -2.34. The molecule has 2 fully saturated rings. The second-order valence-electron chi connectivity index (χ2n) is 7.91. The van der Waals surface area contributed by atoms with Crippen molar-refractivity contribution in [1.82, 2.24) is 4.98 Å². The number of hydrogen-bond acceptors (Lipinski definition) is 6. The largest absolute Gasteiger partial charge is 0.494 e. The van der Waals surface area contributed by atoms with Crippen LogP contribution in [-0.2, 0) is 10.9 Å². The van der Waals surface area contributed by atoms with Crippen LogP contribution in [-0.4, -0.2) is 40.0 Å². The molecule has 1 aromatic carbocycles. The second kappa shape index (κ2) is 8.76. The molecule has 1 saturated heterocycles. The van der Waals surface area contributed by atoms with Crippen molar-refractivity contribution >= 4 is 17.3 Å². The highest BCUT2D eigenvalue weighted by Gasteiger charge is 2.46. The Balaban J connectivity index is 1.30. The zero-order valence-corrected chi connectivity index (χ0v) is 17.2. The highest BCUT2D eigenvalue weighted by molar-refractivity contribution is 7.09. The molecule has 2 aromatic rings. The van der Waals surface area contributed by atoms with Crippen LogP contribution in [0.25, 0.3) is 0 Å². The zero-order chi connectivity index (χ0) is 22.2. The number of fused-ring (bicyclic) bond motifs is 1. The van der Waals surface area contributed by atoms with Crippen LogP contribution in [0.4, 0.5) is 13.2 Å². The van der Waals surface area contributed by atoms with Crippen molar-refractivity contribution in [2.24, 2.45) is 11.8 Å². The number of alkyl halides is 3. The summed E-state index contributed by atoms with van der Waals surface area (Å²) < 4.78 is 49.7. The predicted octanol–water partition coefficient (Wildman–Crippen LogP) is 4.55. The van der Waals surface area contributed by atoms with Crippen molar-refractivity contribution in [1.29, 1.82) is 0 Å². The molecule has 0 spiro atoms. The van der Waals surface area contributed by atoms with Crippen LogP contribution in [0.3, 0.4) is 0 Å². The van der Waals surface area contributed by atoms with Crippen molar-refractivity contribution in [3.63, 3.8) is 0 Å². The van der Waals surface area contributed by atoms with E-state index in [1.54, 1.807) is 0 Å². The Morgan fingerprint density at radius 3 is 2.65 bits per heavy atom. The van der Waals surface area contributed by atoms with Gasteiger partial charge in [-0.2, -0.15) is 13.2 Å². The Bertz CT molecular complexity index is 916. The third-order valence-corrected chi connectivity index (χ3v) is 6.95. The number of carbonyl (C=O) groups is 1. The van der Waals surface area contributed by atoms with Gasteiger partial charge in [-0.3, -0.25) is 0 Å². The molecular formula is C21H22F3NO5S. The number of aromatic carboxylic acids is 1. The van der Waals surface area contributed by atoms with Crippen LogP contribution in [0, 0.1) is 11.8 Å². The van der Waals surface area contributed by atoms with Crippen molar-refractivity contribution < 1.29 is 37.7 Å². The van der Waals surface area contributed by atoms with E-state index < -0.39 is 23.8 Å². The minimum absolute atomic E-state index is 0.00970. The SMILES string of the molecule is O=C(O)c1csc([C@H]2CC[C@@H]3[C@@H](CCOc4ccc(C(F)(F)F)cc4)[C@H](O)C[C@@H]3O2)n1. The van der Waals surface area contributed by atoms with Gasteiger partial charge in [0.05, 0.1) is 24.4 Å². The number of halogens is 3. The van der Waals surface area contributed by atoms with E-state index in [9.17, 15) is 23.1 Å². The molecule has 1 saturated carbocycles. The maximum absolute atomic E-state index is 12.6. The number of aliphatic hydroxyl groups is 1. The van der Waals surface area contributed by atoms with Gasteiger partial charge in [0, 0.05) is 11.8 Å². The Labute approximate surface area is 180 Å². The molecule has 2 aliphatic rings. The lowest BCUT2D eigenvalue weighted by Crippen LogP contribution is -2.31. The minimum Gasteiger partial charge on any atom is -0.494 e. The number of ether oxygens (including phenoxy) is 2. The van der Waals surface area contributed by atoms with Crippen molar-refractivity contribution in [3.8, 4) is 5.75 Å². The van der Waals surface area contributed by atoms with Crippen LogP contribution >= 0.6 is 11.3 Å². The topological polar surface area (TPSA) is 88.9 Å². The van der Waals surface area contributed by atoms with E-state index in [0.29, 0.717) is 30.0 Å². The summed E-state index contributed by atoms with van der Waals surface area (Å²) in [5, 5.41) is 21.7. The van der Waals surface area contributed by atoms with E-state index in [1.807, 2.05) is 0 Å². The summed E-state index contributed by atoms with van der Waals surface area (Å²) >= 11 is 1.26. The van der Waals surface area contributed by atoms with Gasteiger partial charge in [-0.15, -0.1) is 11.3 Å². The van der Waals surface area contributed by atoms with E-state index in [1.165, 1.54) is 28.8 Å². The van der Waals surface area contributed by atoms with Gasteiger partial charge in [0.25, 0.3) is 0 Å². The molecule has 0 unspecified atom stereocenters. The monoisotopic (exact) mass is 457 g/mol. The van der Waals surface area contributed by atoms with E-state index in [4.69, 9.17) is 14.6 Å². The fourth-order valence-electron chi connectivity index (χ4n) is 4.50. The maximum atomic E-state index is 12.6. The summed E-state index contributed by atoms with van der Waals surface area (Å²) in [7, 11) is 0. The third-order valence-electron chi connectivity index (χ3n) is 6.01. The van der Waals surface area contributed by atoms with E-state index in [2.05, 4.69) is 4.98 Å². The van der Waals surface area contributed by atoms with Gasteiger partial charge in [0.15, 0.2) is 5.69 Å². The van der Waals surface area contributed by atoms with Gasteiger partial charge in [-0.05, 0) is 55.4 Å². The molecule has 2 N–H and O–H groups in total. The molecule has 1 aromatic heterocycles. The van der Waals surface area contributed by atoms with Gasteiger partial charge in [-0.1, -0.05) is 0 Å². The quantitative estimate of drug-likeness (QED) is 0.662.